The minimum atomic E-state index is -0.359. The van der Waals surface area contributed by atoms with E-state index in [-0.39, 0.29) is 11.8 Å². The molecular formula is C23H24N2O5. The summed E-state index contributed by atoms with van der Waals surface area (Å²) in [4.78, 5) is 30.3. The molecule has 2 heterocycles. The van der Waals surface area contributed by atoms with Crippen LogP contribution in [0, 0.1) is 0 Å². The number of amides is 2. The summed E-state index contributed by atoms with van der Waals surface area (Å²) in [5.74, 6) is 1.01. The predicted octanol–water partition coefficient (Wildman–Crippen LogP) is 3.09. The van der Waals surface area contributed by atoms with Crippen molar-refractivity contribution in [2.45, 2.75) is 12.8 Å². The number of likely N-dealkylation sites (tertiary alicyclic amines) is 1. The van der Waals surface area contributed by atoms with E-state index in [1.807, 2.05) is 17.0 Å². The van der Waals surface area contributed by atoms with Crippen molar-refractivity contribution in [2.75, 3.05) is 39.3 Å². The Labute approximate surface area is 175 Å². The van der Waals surface area contributed by atoms with E-state index in [1.165, 1.54) is 19.1 Å². The lowest BCUT2D eigenvalue weighted by Crippen LogP contribution is -2.34. The Bertz CT molecular complexity index is 985. The molecule has 156 valence electrons. The maximum Gasteiger partial charge on any atom is 0.282 e. The van der Waals surface area contributed by atoms with E-state index in [4.69, 9.17) is 14.2 Å². The van der Waals surface area contributed by atoms with Crippen LogP contribution in [0.15, 0.2) is 48.2 Å². The Hall–Kier alpha value is -3.48. The molecule has 1 saturated heterocycles. The maximum atomic E-state index is 13.5. The molecule has 1 fully saturated rings. The quantitative estimate of drug-likeness (QED) is 0.685. The highest BCUT2D eigenvalue weighted by Gasteiger charge is 2.43. The lowest BCUT2D eigenvalue weighted by Gasteiger charge is -2.21. The van der Waals surface area contributed by atoms with E-state index in [9.17, 15) is 9.59 Å². The SMILES string of the molecule is COc1ccc(C2=C(N3CCCC3)C(=O)N(c3cc(OC)cc(OC)c3)C2=O)cc1. The second-order valence-corrected chi connectivity index (χ2v) is 7.16. The van der Waals surface area contributed by atoms with Crippen LogP contribution in [-0.4, -0.2) is 51.1 Å². The standard InChI is InChI=1S/C23H24N2O5/c1-28-17-8-6-15(7-9-17)20-21(24-10-4-5-11-24)23(27)25(22(20)26)16-12-18(29-2)14-19(13-16)30-3/h6-9,12-14H,4-5,10-11H2,1-3H3. The average Bonchev–Trinajstić information content (AvgIpc) is 3.39. The van der Waals surface area contributed by atoms with Crippen molar-refractivity contribution in [1.29, 1.82) is 0 Å². The molecule has 0 N–H and O–H groups in total. The van der Waals surface area contributed by atoms with Gasteiger partial charge in [0, 0.05) is 31.3 Å². The van der Waals surface area contributed by atoms with E-state index in [1.54, 1.807) is 37.4 Å². The Morgan fingerprint density at radius 1 is 0.733 bits per heavy atom. The van der Waals surface area contributed by atoms with Gasteiger partial charge < -0.3 is 19.1 Å². The van der Waals surface area contributed by atoms with Gasteiger partial charge in [-0.05, 0) is 30.5 Å². The number of rotatable bonds is 6. The predicted molar refractivity (Wildman–Crippen MR) is 113 cm³/mol. The first kappa shape index (κ1) is 19.8. The number of ether oxygens (including phenoxy) is 3. The zero-order valence-electron chi connectivity index (χ0n) is 17.3. The highest BCUT2D eigenvalue weighted by atomic mass is 16.5. The summed E-state index contributed by atoms with van der Waals surface area (Å²) < 4.78 is 15.9. The lowest BCUT2D eigenvalue weighted by molar-refractivity contribution is -0.120. The molecule has 2 aromatic carbocycles. The molecule has 0 atom stereocenters. The number of benzene rings is 2. The van der Waals surface area contributed by atoms with Gasteiger partial charge in [-0.15, -0.1) is 0 Å². The van der Waals surface area contributed by atoms with Gasteiger partial charge in [-0.1, -0.05) is 12.1 Å². The summed E-state index contributed by atoms with van der Waals surface area (Å²) in [5, 5.41) is 0. The summed E-state index contributed by atoms with van der Waals surface area (Å²) in [6.45, 7) is 1.51. The molecule has 7 heteroatoms. The van der Waals surface area contributed by atoms with Crippen LogP contribution >= 0.6 is 0 Å². The number of imide groups is 1. The van der Waals surface area contributed by atoms with Crippen molar-refractivity contribution in [1.82, 2.24) is 4.90 Å². The summed E-state index contributed by atoms with van der Waals surface area (Å²) in [6, 6.07) is 12.2. The van der Waals surface area contributed by atoms with Gasteiger partial charge in [-0.2, -0.15) is 0 Å². The number of methoxy groups -OCH3 is 3. The average molecular weight is 408 g/mol. The summed E-state index contributed by atoms with van der Waals surface area (Å²) in [5.41, 5.74) is 1.96. The van der Waals surface area contributed by atoms with Gasteiger partial charge in [-0.3, -0.25) is 9.59 Å². The molecule has 0 radical (unpaired) electrons. The Kier molecular flexibility index (Phi) is 5.35. The van der Waals surface area contributed by atoms with E-state index in [0.717, 1.165) is 25.9 Å². The van der Waals surface area contributed by atoms with Crippen LogP contribution in [0.4, 0.5) is 5.69 Å². The second kappa shape index (κ2) is 8.10. The van der Waals surface area contributed by atoms with Crippen molar-refractivity contribution in [3.05, 3.63) is 53.7 Å². The molecule has 0 saturated carbocycles. The molecule has 0 spiro atoms. The Morgan fingerprint density at radius 2 is 1.30 bits per heavy atom. The molecule has 2 aliphatic rings. The maximum absolute atomic E-state index is 13.5. The Balaban J connectivity index is 1.82. The van der Waals surface area contributed by atoms with Crippen LogP contribution in [0.2, 0.25) is 0 Å². The van der Waals surface area contributed by atoms with E-state index in [0.29, 0.717) is 39.8 Å². The Morgan fingerprint density at radius 3 is 1.83 bits per heavy atom. The molecule has 0 unspecified atom stereocenters. The van der Waals surface area contributed by atoms with Crippen LogP contribution in [0.3, 0.4) is 0 Å². The zero-order chi connectivity index (χ0) is 21.3. The number of hydrogen-bond acceptors (Lipinski definition) is 6. The van der Waals surface area contributed by atoms with Gasteiger partial charge in [0.1, 0.15) is 22.9 Å². The largest absolute Gasteiger partial charge is 0.497 e. The highest BCUT2D eigenvalue weighted by molar-refractivity contribution is 6.45. The third-order valence-electron chi connectivity index (χ3n) is 5.45. The molecule has 4 rings (SSSR count). The molecule has 0 bridgehead atoms. The number of carbonyl (C=O) groups excluding carboxylic acids is 2. The number of carbonyl (C=O) groups is 2. The fourth-order valence-electron chi connectivity index (χ4n) is 3.93. The van der Waals surface area contributed by atoms with E-state index in [2.05, 4.69) is 0 Å². The first-order chi connectivity index (χ1) is 14.6. The van der Waals surface area contributed by atoms with Crippen molar-refractivity contribution >= 4 is 23.1 Å². The summed E-state index contributed by atoms with van der Waals surface area (Å²) in [6.07, 6.45) is 1.99. The van der Waals surface area contributed by atoms with Gasteiger partial charge in [0.05, 0.1) is 32.6 Å². The van der Waals surface area contributed by atoms with Gasteiger partial charge in [0.15, 0.2) is 0 Å². The lowest BCUT2D eigenvalue weighted by atomic mass is 10.0. The smallest absolute Gasteiger partial charge is 0.282 e. The van der Waals surface area contributed by atoms with Crippen LogP contribution in [0.5, 0.6) is 17.2 Å². The van der Waals surface area contributed by atoms with Crippen molar-refractivity contribution in [3.8, 4) is 17.2 Å². The van der Waals surface area contributed by atoms with Gasteiger partial charge in [0.2, 0.25) is 0 Å². The van der Waals surface area contributed by atoms with Crippen LogP contribution < -0.4 is 19.1 Å². The molecule has 30 heavy (non-hydrogen) atoms. The third-order valence-corrected chi connectivity index (χ3v) is 5.45. The fourth-order valence-corrected chi connectivity index (χ4v) is 3.93. The molecule has 2 aliphatic heterocycles. The first-order valence-electron chi connectivity index (χ1n) is 9.83. The molecule has 2 amide bonds. The monoisotopic (exact) mass is 408 g/mol. The highest BCUT2D eigenvalue weighted by Crippen LogP contribution is 2.38. The van der Waals surface area contributed by atoms with E-state index < -0.39 is 0 Å². The number of anilines is 1. The van der Waals surface area contributed by atoms with Crippen molar-refractivity contribution < 1.29 is 23.8 Å². The fraction of sp³-hybridized carbons (Fsp3) is 0.304. The third kappa shape index (κ3) is 3.36. The second-order valence-electron chi connectivity index (χ2n) is 7.16. The molecule has 0 aliphatic carbocycles. The molecule has 7 nitrogen and oxygen atoms in total. The van der Waals surface area contributed by atoms with Crippen LogP contribution in [0.1, 0.15) is 18.4 Å². The summed E-state index contributed by atoms with van der Waals surface area (Å²) >= 11 is 0. The number of hydrogen-bond donors (Lipinski definition) is 0. The van der Waals surface area contributed by atoms with Gasteiger partial charge >= 0.3 is 0 Å². The van der Waals surface area contributed by atoms with Gasteiger partial charge in [0.25, 0.3) is 11.8 Å². The first-order valence-corrected chi connectivity index (χ1v) is 9.83. The normalized spacial score (nSPS) is 16.5. The van der Waals surface area contributed by atoms with Crippen LogP contribution in [-0.2, 0) is 9.59 Å². The topological polar surface area (TPSA) is 68.3 Å². The van der Waals surface area contributed by atoms with E-state index >= 15 is 0 Å². The minimum Gasteiger partial charge on any atom is -0.497 e. The van der Waals surface area contributed by atoms with Crippen molar-refractivity contribution in [2.24, 2.45) is 0 Å². The molecule has 0 aromatic heterocycles. The minimum absolute atomic E-state index is 0.331. The summed E-state index contributed by atoms with van der Waals surface area (Å²) in [7, 11) is 4.65. The van der Waals surface area contributed by atoms with Gasteiger partial charge in [-0.25, -0.2) is 4.90 Å². The van der Waals surface area contributed by atoms with Crippen LogP contribution in [0.25, 0.3) is 5.57 Å². The molecule has 2 aromatic rings. The number of nitrogens with zero attached hydrogens (tertiary/aromatic N) is 2. The zero-order valence-corrected chi connectivity index (χ0v) is 17.3. The van der Waals surface area contributed by atoms with Crippen molar-refractivity contribution in [3.63, 3.8) is 0 Å². The molecular weight excluding hydrogens is 384 g/mol.